The minimum Gasteiger partial charge on any atom is -0.392 e. The summed E-state index contributed by atoms with van der Waals surface area (Å²) in [5.41, 5.74) is 5.42. The Hall–Kier alpha value is -0.650. The summed E-state index contributed by atoms with van der Waals surface area (Å²) in [6, 6.07) is 0. The summed E-state index contributed by atoms with van der Waals surface area (Å²) in [6.45, 7) is 5.85. The number of aliphatic hydroxyl groups is 1. The van der Waals surface area contributed by atoms with Crippen molar-refractivity contribution in [2.45, 2.75) is 32.3 Å². The third-order valence-corrected chi connectivity index (χ3v) is 3.77. The lowest BCUT2D eigenvalue weighted by Crippen LogP contribution is -2.44. The van der Waals surface area contributed by atoms with Gasteiger partial charge in [-0.2, -0.15) is 0 Å². The van der Waals surface area contributed by atoms with E-state index < -0.39 is 0 Å². The Balaban J connectivity index is 2.22. The molecule has 1 rings (SSSR count). The fourth-order valence-corrected chi connectivity index (χ4v) is 2.22. The Labute approximate surface area is 110 Å². The van der Waals surface area contributed by atoms with Gasteiger partial charge in [-0.1, -0.05) is 6.92 Å². The van der Waals surface area contributed by atoms with Crippen molar-refractivity contribution in [2.24, 2.45) is 11.7 Å². The Kier molecular flexibility index (Phi) is 6.60. The van der Waals surface area contributed by atoms with Crippen LogP contribution in [-0.2, 0) is 4.79 Å². The molecule has 0 spiro atoms. The molecule has 2 unspecified atom stereocenters. The van der Waals surface area contributed by atoms with E-state index in [1.165, 1.54) is 0 Å². The van der Waals surface area contributed by atoms with Crippen LogP contribution in [0.5, 0.6) is 0 Å². The van der Waals surface area contributed by atoms with Gasteiger partial charge in [-0.05, 0) is 31.8 Å². The summed E-state index contributed by atoms with van der Waals surface area (Å²) < 4.78 is 0. The van der Waals surface area contributed by atoms with Crippen LogP contribution in [0.1, 0.15) is 26.2 Å². The molecule has 0 radical (unpaired) electrons. The molecule has 1 aliphatic heterocycles. The van der Waals surface area contributed by atoms with Crippen LogP contribution < -0.4 is 5.73 Å². The number of likely N-dealkylation sites (tertiary alicyclic amines) is 1. The smallest absolute Gasteiger partial charge is 0.223 e. The van der Waals surface area contributed by atoms with Crippen LogP contribution in [0.2, 0.25) is 0 Å². The monoisotopic (exact) mass is 257 g/mol. The zero-order valence-electron chi connectivity index (χ0n) is 11.6. The third-order valence-electron chi connectivity index (χ3n) is 3.77. The van der Waals surface area contributed by atoms with Crippen molar-refractivity contribution in [3.05, 3.63) is 0 Å². The summed E-state index contributed by atoms with van der Waals surface area (Å²) in [6.07, 6.45) is 2.15. The molecule has 106 valence electrons. The summed E-state index contributed by atoms with van der Waals surface area (Å²) in [4.78, 5) is 15.8. The molecule has 1 heterocycles. The number of hydrogen-bond acceptors (Lipinski definition) is 4. The second-order valence-corrected chi connectivity index (χ2v) is 5.34. The molecule has 0 bridgehead atoms. The van der Waals surface area contributed by atoms with Gasteiger partial charge in [-0.15, -0.1) is 0 Å². The number of carbonyl (C=O) groups is 1. The van der Waals surface area contributed by atoms with Crippen LogP contribution in [-0.4, -0.2) is 66.7 Å². The van der Waals surface area contributed by atoms with E-state index in [1.54, 1.807) is 4.90 Å². The van der Waals surface area contributed by atoms with Crippen LogP contribution in [0, 0.1) is 5.92 Å². The van der Waals surface area contributed by atoms with Gasteiger partial charge in [-0.3, -0.25) is 4.79 Å². The van der Waals surface area contributed by atoms with Crippen LogP contribution in [0.25, 0.3) is 0 Å². The summed E-state index contributed by atoms with van der Waals surface area (Å²) in [5.74, 6) is 0.542. The molecule has 0 aliphatic carbocycles. The van der Waals surface area contributed by atoms with Crippen LogP contribution in [0.4, 0.5) is 0 Å². The Morgan fingerprint density at radius 1 is 1.56 bits per heavy atom. The first-order chi connectivity index (χ1) is 8.54. The number of piperidine rings is 1. The molecule has 3 N–H and O–H groups in total. The highest BCUT2D eigenvalue weighted by Crippen LogP contribution is 2.16. The Bertz CT molecular complexity index is 261. The quantitative estimate of drug-likeness (QED) is 0.696. The highest BCUT2D eigenvalue weighted by Gasteiger charge is 2.24. The number of hydrogen-bond donors (Lipinski definition) is 2. The minimum atomic E-state index is -0.246. The van der Waals surface area contributed by atoms with Crippen LogP contribution in [0.3, 0.4) is 0 Å². The molecule has 1 aliphatic rings. The average molecular weight is 257 g/mol. The van der Waals surface area contributed by atoms with E-state index in [9.17, 15) is 9.90 Å². The van der Waals surface area contributed by atoms with E-state index in [2.05, 4.69) is 11.8 Å². The molecule has 1 amide bonds. The van der Waals surface area contributed by atoms with Crippen LogP contribution in [0.15, 0.2) is 0 Å². The van der Waals surface area contributed by atoms with Crippen molar-refractivity contribution in [3.8, 4) is 0 Å². The summed E-state index contributed by atoms with van der Waals surface area (Å²) >= 11 is 0. The SMILES string of the molecule is CC1CCN(CCC(=O)N(C)CCCN)CC1O. The molecule has 2 atom stereocenters. The number of rotatable bonds is 6. The molecule has 1 fully saturated rings. The first-order valence-electron chi connectivity index (χ1n) is 6.89. The fraction of sp³-hybridized carbons (Fsp3) is 0.923. The zero-order valence-corrected chi connectivity index (χ0v) is 11.6. The van der Waals surface area contributed by atoms with E-state index in [4.69, 9.17) is 5.73 Å². The van der Waals surface area contributed by atoms with Crippen molar-refractivity contribution in [1.82, 2.24) is 9.80 Å². The van der Waals surface area contributed by atoms with Gasteiger partial charge in [0.25, 0.3) is 0 Å². The Morgan fingerprint density at radius 3 is 2.89 bits per heavy atom. The summed E-state index contributed by atoms with van der Waals surface area (Å²) in [5, 5.41) is 9.79. The maximum absolute atomic E-state index is 11.8. The highest BCUT2D eigenvalue weighted by atomic mass is 16.3. The second-order valence-electron chi connectivity index (χ2n) is 5.34. The molecule has 0 aromatic heterocycles. The number of amides is 1. The van der Waals surface area contributed by atoms with Gasteiger partial charge >= 0.3 is 0 Å². The lowest BCUT2D eigenvalue weighted by atomic mass is 9.96. The fourth-order valence-electron chi connectivity index (χ4n) is 2.22. The minimum absolute atomic E-state index is 0.163. The molecule has 18 heavy (non-hydrogen) atoms. The molecular weight excluding hydrogens is 230 g/mol. The largest absolute Gasteiger partial charge is 0.392 e. The van der Waals surface area contributed by atoms with Crippen molar-refractivity contribution < 1.29 is 9.90 Å². The van der Waals surface area contributed by atoms with Crippen molar-refractivity contribution in [2.75, 3.05) is 39.8 Å². The first-order valence-corrected chi connectivity index (χ1v) is 6.89. The maximum Gasteiger partial charge on any atom is 0.223 e. The number of nitrogens with zero attached hydrogens (tertiary/aromatic N) is 2. The molecule has 0 aromatic rings. The molecule has 0 saturated carbocycles. The van der Waals surface area contributed by atoms with Gasteiger partial charge in [0, 0.05) is 33.1 Å². The summed E-state index contributed by atoms with van der Waals surface area (Å²) in [7, 11) is 1.82. The highest BCUT2D eigenvalue weighted by molar-refractivity contribution is 5.76. The van der Waals surface area contributed by atoms with E-state index in [-0.39, 0.29) is 12.0 Å². The van der Waals surface area contributed by atoms with Gasteiger partial charge in [0.2, 0.25) is 5.91 Å². The van der Waals surface area contributed by atoms with Crippen molar-refractivity contribution in [3.63, 3.8) is 0 Å². The van der Waals surface area contributed by atoms with E-state index >= 15 is 0 Å². The van der Waals surface area contributed by atoms with Crippen molar-refractivity contribution >= 4 is 5.91 Å². The first kappa shape index (κ1) is 15.4. The van der Waals surface area contributed by atoms with Gasteiger partial charge in [-0.25, -0.2) is 0 Å². The average Bonchev–Trinajstić information content (AvgIpc) is 2.36. The molecule has 1 saturated heterocycles. The lowest BCUT2D eigenvalue weighted by Gasteiger charge is -2.34. The van der Waals surface area contributed by atoms with Gasteiger partial charge in [0.15, 0.2) is 0 Å². The number of carbonyl (C=O) groups excluding carboxylic acids is 1. The van der Waals surface area contributed by atoms with Crippen molar-refractivity contribution in [1.29, 1.82) is 0 Å². The van der Waals surface area contributed by atoms with E-state index in [0.29, 0.717) is 25.4 Å². The number of aliphatic hydroxyl groups excluding tert-OH is 1. The predicted octanol–water partition coefficient (Wildman–Crippen LogP) is -0.114. The Morgan fingerprint density at radius 2 is 2.28 bits per heavy atom. The molecule has 0 aromatic carbocycles. The topological polar surface area (TPSA) is 69.8 Å². The number of β-amino-alcohol motifs (C(OH)–C–C–N with tert-alkyl or cyclic N) is 1. The van der Waals surface area contributed by atoms with E-state index in [0.717, 1.165) is 32.5 Å². The predicted molar refractivity (Wildman–Crippen MR) is 72.2 cm³/mol. The molecule has 5 heteroatoms. The zero-order chi connectivity index (χ0) is 13.5. The van der Waals surface area contributed by atoms with Gasteiger partial charge in [0.1, 0.15) is 0 Å². The van der Waals surface area contributed by atoms with E-state index in [1.807, 2.05) is 7.05 Å². The van der Waals surface area contributed by atoms with Crippen LogP contribution >= 0.6 is 0 Å². The molecular formula is C13H27N3O2. The van der Waals surface area contributed by atoms with Gasteiger partial charge in [0.05, 0.1) is 6.10 Å². The second kappa shape index (κ2) is 7.71. The van der Waals surface area contributed by atoms with Gasteiger partial charge < -0.3 is 20.6 Å². The molecule has 5 nitrogen and oxygen atoms in total. The number of nitrogens with two attached hydrogens (primary N) is 1. The third kappa shape index (κ3) is 4.92. The lowest BCUT2D eigenvalue weighted by molar-refractivity contribution is -0.130. The standard InChI is InChI=1S/C13H27N3O2/c1-11-4-8-16(10-12(11)17)9-5-13(18)15(2)7-3-6-14/h11-12,17H,3-10,14H2,1-2H3. The maximum atomic E-state index is 11.8. The normalized spacial score (nSPS) is 25.1.